The molecule has 0 aromatic carbocycles. The van der Waals surface area contributed by atoms with E-state index in [4.69, 9.17) is 5.11 Å². The molecule has 5 heteroatoms. The minimum atomic E-state index is -0.867. The number of aliphatic carboxylic acids is 1. The van der Waals surface area contributed by atoms with Gasteiger partial charge in [-0.1, -0.05) is 6.08 Å². The summed E-state index contributed by atoms with van der Waals surface area (Å²) >= 11 is 0. The molecule has 0 bridgehead atoms. The average Bonchev–Trinajstić information content (AvgIpc) is 2.38. The molecule has 5 nitrogen and oxygen atoms in total. The molecule has 1 aliphatic rings. The molecule has 0 spiro atoms. The van der Waals surface area contributed by atoms with Crippen LogP contribution in [-0.4, -0.2) is 47.1 Å². The number of hydrogen-bond acceptors (Lipinski definition) is 3. The number of rotatable bonds is 5. The highest BCUT2D eigenvalue weighted by Crippen LogP contribution is 2.16. The summed E-state index contributed by atoms with van der Waals surface area (Å²) in [5.41, 5.74) is 0. The molecule has 0 aliphatic carbocycles. The molecule has 0 aromatic rings. The fourth-order valence-electron chi connectivity index (χ4n) is 2.16. The van der Waals surface area contributed by atoms with E-state index in [2.05, 4.69) is 18.8 Å². The van der Waals surface area contributed by atoms with Gasteiger partial charge in [-0.25, -0.2) is 0 Å². The van der Waals surface area contributed by atoms with Crippen molar-refractivity contribution in [3.05, 3.63) is 12.7 Å². The normalized spacial score (nSPS) is 26.1. The third-order valence-corrected chi connectivity index (χ3v) is 3.10. The molecular formula is C12H20N2O3. The van der Waals surface area contributed by atoms with E-state index in [-0.39, 0.29) is 24.4 Å². The molecule has 2 atom stereocenters. The van der Waals surface area contributed by atoms with Crippen molar-refractivity contribution in [2.45, 2.75) is 38.3 Å². The standard InChI is InChI=1S/C12H20N2O3/c1-3-8-14-9(2)6-7-13-12(17)10(14)4-5-11(15)16/h3,9-10H,1,4-8H2,2H3,(H,13,17)(H,15,16). The zero-order chi connectivity index (χ0) is 12.8. The van der Waals surface area contributed by atoms with Gasteiger partial charge in [0.05, 0.1) is 6.04 Å². The third kappa shape index (κ3) is 3.85. The third-order valence-electron chi connectivity index (χ3n) is 3.10. The summed E-state index contributed by atoms with van der Waals surface area (Å²) in [7, 11) is 0. The summed E-state index contributed by atoms with van der Waals surface area (Å²) in [6.45, 7) is 7.00. The van der Waals surface area contributed by atoms with E-state index in [1.165, 1.54) is 0 Å². The van der Waals surface area contributed by atoms with E-state index in [0.717, 1.165) is 6.42 Å². The van der Waals surface area contributed by atoms with Crippen molar-refractivity contribution >= 4 is 11.9 Å². The number of amides is 1. The maximum atomic E-state index is 11.9. The Bertz CT molecular complexity index is 304. The van der Waals surface area contributed by atoms with Crippen molar-refractivity contribution < 1.29 is 14.7 Å². The first kappa shape index (κ1) is 13.7. The van der Waals surface area contributed by atoms with Gasteiger partial charge in [-0.05, 0) is 19.8 Å². The molecular weight excluding hydrogens is 220 g/mol. The zero-order valence-electron chi connectivity index (χ0n) is 10.2. The fraction of sp³-hybridized carbons (Fsp3) is 0.667. The summed E-state index contributed by atoms with van der Waals surface area (Å²) in [4.78, 5) is 24.5. The number of nitrogens with zero attached hydrogens (tertiary/aromatic N) is 1. The molecule has 2 unspecified atom stereocenters. The van der Waals surface area contributed by atoms with E-state index < -0.39 is 5.97 Å². The lowest BCUT2D eigenvalue weighted by atomic mass is 10.1. The number of carbonyl (C=O) groups excluding carboxylic acids is 1. The topological polar surface area (TPSA) is 69.6 Å². The zero-order valence-corrected chi connectivity index (χ0v) is 10.2. The van der Waals surface area contributed by atoms with Crippen LogP contribution in [0.25, 0.3) is 0 Å². The van der Waals surface area contributed by atoms with E-state index in [9.17, 15) is 9.59 Å². The molecule has 1 fully saturated rings. The molecule has 0 saturated carbocycles. The van der Waals surface area contributed by atoms with Crippen LogP contribution in [0.15, 0.2) is 12.7 Å². The lowest BCUT2D eigenvalue weighted by molar-refractivity contribution is -0.137. The number of carboxylic acids is 1. The molecule has 1 amide bonds. The Morgan fingerprint density at radius 3 is 3.00 bits per heavy atom. The van der Waals surface area contributed by atoms with Crippen molar-refractivity contribution in [1.29, 1.82) is 0 Å². The second kappa shape index (κ2) is 6.39. The Labute approximate surface area is 101 Å². The number of hydrogen-bond donors (Lipinski definition) is 2. The van der Waals surface area contributed by atoms with Gasteiger partial charge in [0, 0.05) is 25.6 Å². The smallest absolute Gasteiger partial charge is 0.303 e. The summed E-state index contributed by atoms with van der Waals surface area (Å²) in [6, 6.07) is -0.104. The molecule has 2 N–H and O–H groups in total. The van der Waals surface area contributed by atoms with Gasteiger partial charge in [-0.15, -0.1) is 6.58 Å². The van der Waals surface area contributed by atoms with Crippen LogP contribution in [0.1, 0.15) is 26.2 Å². The molecule has 0 radical (unpaired) electrons. The maximum Gasteiger partial charge on any atom is 0.303 e. The molecule has 1 aliphatic heterocycles. The van der Waals surface area contributed by atoms with E-state index in [1.807, 2.05) is 4.90 Å². The van der Waals surface area contributed by atoms with Crippen molar-refractivity contribution in [3.8, 4) is 0 Å². The average molecular weight is 240 g/mol. The van der Waals surface area contributed by atoms with Crippen LogP contribution >= 0.6 is 0 Å². The molecule has 1 heterocycles. The van der Waals surface area contributed by atoms with Crippen LogP contribution in [0.2, 0.25) is 0 Å². The molecule has 1 rings (SSSR count). The van der Waals surface area contributed by atoms with Crippen LogP contribution < -0.4 is 5.32 Å². The van der Waals surface area contributed by atoms with Gasteiger partial charge >= 0.3 is 5.97 Å². The van der Waals surface area contributed by atoms with E-state index >= 15 is 0 Å². The van der Waals surface area contributed by atoms with Crippen LogP contribution in [0.5, 0.6) is 0 Å². The minimum absolute atomic E-state index is 0.0124. The second-order valence-corrected chi connectivity index (χ2v) is 4.36. The first-order chi connectivity index (χ1) is 8.06. The quantitative estimate of drug-likeness (QED) is 0.691. The van der Waals surface area contributed by atoms with Gasteiger partial charge in [-0.2, -0.15) is 0 Å². The Hall–Kier alpha value is -1.36. The lowest BCUT2D eigenvalue weighted by Gasteiger charge is -2.31. The van der Waals surface area contributed by atoms with Gasteiger partial charge in [0.2, 0.25) is 5.91 Å². The van der Waals surface area contributed by atoms with Crippen LogP contribution in [0.3, 0.4) is 0 Å². The Morgan fingerprint density at radius 1 is 1.71 bits per heavy atom. The maximum absolute atomic E-state index is 11.9. The number of carboxylic acid groups (broad SMARTS) is 1. The van der Waals surface area contributed by atoms with Gasteiger partial charge < -0.3 is 10.4 Å². The molecule has 96 valence electrons. The first-order valence-electron chi connectivity index (χ1n) is 5.92. The van der Waals surface area contributed by atoms with Gasteiger partial charge in [0.1, 0.15) is 0 Å². The van der Waals surface area contributed by atoms with Crippen molar-refractivity contribution in [3.63, 3.8) is 0 Å². The predicted octanol–water partition coefficient (Wildman–Crippen LogP) is 0.616. The van der Waals surface area contributed by atoms with Crippen LogP contribution in [-0.2, 0) is 9.59 Å². The van der Waals surface area contributed by atoms with Gasteiger partial charge in [0.25, 0.3) is 0 Å². The van der Waals surface area contributed by atoms with Crippen molar-refractivity contribution in [2.75, 3.05) is 13.1 Å². The first-order valence-corrected chi connectivity index (χ1v) is 5.92. The van der Waals surface area contributed by atoms with Crippen molar-refractivity contribution in [1.82, 2.24) is 10.2 Å². The molecule has 1 saturated heterocycles. The fourth-order valence-corrected chi connectivity index (χ4v) is 2.16. The molecule has 0 aromatic heterocycles. The minimum Gasteiger partial charge on any atom is -0.481 e. The van der Waals surface area contributed by atoms with Gasteiger partial charge in [-0.3, -0.25) is 14.5 Å². The Balaban J connectivity index is 2.76. The second-order valence-electron chi connectivity index (χ2n) is 4.36. The number of carbonyl (C=O) groups is 2. The van der Waals surface area contributed by atoms with Crippen LogP contribution in [0, 0.1) is 0 Å². The number of nitrogens with one attached hydrogen (secondary N) is 1. The Kier molecular flexibility index (Phi) is 5.15. The van der Waals surface area contributed by atoms with E-state index in [0.29, 0.717) is 19.5 Å². The molecule has 17 heavy (non-hydrogen) atoms. The lowest BCUT2D eigenvalue weighted by Crippen LogP contribution is -2.47. The summed E-state index contributed by atoms with van der Waals surface area (Å²) in [6.07, 6.45) is 2.99. The summed E-state index contributed by atoms with van der Waals surface area (Å²) in [5.74, 6) is -0.939. The summed E-state index contributed by atoms with van der Waals surface area (Å²) in [5, 5.41) is 11.5. The summed E-state index contributed by atoms with van der Waals surface area (Å²) < 4.78 is 0. The van der Waals surface area contributed by atoms with Crippen LogP contribution in [0.4, 0.5) is 0 Å². The monoisotopic (exact) mass is 240 g/mol. The highest BCUT2D eigenvalue weighted by molar-refractivity contribution is 5.82. The Morgan fingerprint density at radius 2 is 2.41 bits per heavy atom. The van der Waals surface area contributed by atoms with E-state index in [1.54, 1.807) is 6.08 Å². The van der Waals surface area contributed by atoms with Gasteiger partial charge in [0.15, 0.2) is 0 Å². The predicted molar refractivity (Wildman–Crippen MR) is 64.6 cm³/mol. The highest BCUT2D eigenvalue weighted by atomic mass is 16.4. The van der Waals surface area contributed by atoms with Crippen molar-refractivity contribution in [2.24, 2.45) is 0 Å². The highest BCUT2D eigenvalue weighted by Gasteiger charge is 2.31. The largest absolute Gasteiger partial charge is 0.481 e. The SMILES string of the molecule is C=CCN1C(C)CCNC(=O)C1CCC(=O)O.